The maximum Gasteiger partial charge on any atom is 0.411 e. The summed E-state index contributed by atoms with van der Waals surface area (Å²) in [6.45, 7) is 7.40. The van der Waals surface area contributed by atoms with Crippen molar-refractivity contribution in [1.29, 1.82) is 0 Å². The predicted octanol–water partition coefficient (Wildman–Crippen LogP) is 6.03. The van der Waals surface area contributed by atoms with Crippen LogP contribution in [0.25, 0.3) is 11.1 Å². The molecule has 0 aromatic heterocycles. The maximum absolute atomic E-state index is 13.8. The molecular formula is C31H38N2O6. The first kappa shape index (κ1) is 27.0. The molecule has 8 heteroatoms. The molecule has 1 aliphatic heterocycles. The number of fused-ring (bicyclic) bond motifs is 3. The van der Waals surface area contributed by atoms with Crippen LogP contribution in [0.3, 0.4) is 0 Å². The Morgan fingerprint density at radius 3 is 2.05 bits per heavy atom. The van der Waals surface area contributed by atoms with Gasteiger partial charge in [-0.25, -0.2) is 14.4 Å². The van der Waals surface area contributed by atoms with Gasteiger partial charge in [-0.05, 0) is 82.1 Å². The third-order valence-corrected chi connectivity index (χ3v) is 8.16. The van der Waals surface area contributed by atoms with E-state index in [2.05, 4.69) is 24.3 Å². The second kappa shape index (κ2) is 10.2. The molecule has 2 aromatic carbocycles. The van der Waals surface area contributed by atoms with Crippen LogP contribution in [0.5, 0.6) is 0 Å². The number of ether oxygens (including phenoxy) is 2. The topological polar surface area (TPSA) is 96.4 Å². The molecule has 2 amide bonds. The van der Waals surface area contributed by atoms with Gasteiger partial charge in [0.25, 0.3) is 0 Å². The highest BCUT2D eigenvalue weighted by Gasteiger charge is 2.57. The lowest BCUT2D eigenvalue weighted by molar-refractivity contribution is -0.155. The number of carboxylic acids is 1. The molecule has 5 rings (SSSR count). The number of rotatable bonds is 6. The summed E-state index contributed by atoms with van der Waals surface area (Å²) in [7, 11) is 0. The zero-order valence-electron chi connectivity index (χ0n) is 23.2. The standard InChI is InChI=1S/C31H38N2O6/c1-30(2,3)39-28(36)32-18-10-9-15-26(32)31(4,27(34)35)33(20-16-17-20)29(37)38-19-25-23-13-7-5-11-21(23)22-12-6-8-14-24(22)25/h5-8,11-14,20,25-26H,9-10,15-19H2,1-4H3,(H,34,35)/t26-,31?/m0/s1. The van der Waals surface area contributed by atoms with Crippen LogP contribution in [0.1, 0.15) is 76.8 Å². The average molecular weight is 535 g/mol. The molecule has 1 saturated heterocycles. The fourth-order valence-corrected chi connectivity index (χ4v) is 6.18. The molecule has 1 heterocycles. The van der Waals surface area contributed by atoms with E-state index < -0.39 is 35.3 Å². The van der Waals surface area contributed by atoms with Gasteiger partial charge in [-0.3, -0.25) is 4.90 Å². The second-order valence-electron chi connectivity index (χ2n) is 12.0. The SMILES string of the molecule is CC(C)(C)OC(=O)N1CCCC[C@H]1C(C)(C(=O)O)N(C(=O)OCC1c2ccccc2-c2ccccc21)C1CC1. The number of amides is 2. The molecular weight excluding hydrogens is 496 g/mol. The van der Waals surface area contributed by atoms with Crippen molar-refractivity contribution >= 4 is 18.2 Å². The third-order valence-electron chi connectivity index (χ3n) is 8.16. The zero-order valence-corrected chi connectivity index (χ0v) is 23.2. The summed E-state index contributed by atoms with van der Waals surface area (Å²) >= 11 is 0. The van der Waals surface area contributed by atoms with E-state index in [0.29, 0.717) is 25.8 Å². The largest absolute Gasteiger partial charge is 0.479 e. The smallest absolute Gasteiger partial charge is 0.411 e. The summed E-state index contributed by atoms with van der Waals surface area (Å²) in [5.41, 5.74) is 2.04. The minimum Gasteiger partial charge on any atom is -0.479 e. The number of likely N-dealkylation sites (tertiary alicyclic amines) is 1. The Bertz CT molecular complexity index is 1220. The molecule has 1 unspecified atom stereocenters. The Labute approximate surface area is 229 Å². The van der Waals surface area contributed by atoms with Gasteiger partial charge in [-0.1, -0.05) is 48.5 Å². The second-order valence-corrected chi connectivity index (χ2v) is 12.0. The minimum absolute atomic E-state index is 0.103. The average Bonchev–Trinajstić information content (AvgIpc) is 3.68. The van der Waals surface area contributed by atoms with Crippen molar-refractivity contribution in [2.75, 3.05) is 13.2 Å². The molecule has 2 atom stereocenters. The van der Waals surface area contributed by atoms with Crippen molar-refractivity contribution in [3.8, 4) is 11.1 Å². The monoisotopic (exact) mass is 534 g/mol. The van der Waals surface area contributed by atoms with Gasteiger partial charge in [0, 0.05) is 18.5 Å². The van der Waals surface area contributed by atoms with Crippen LogP contribution in [0.15, 0.2) is 48.5 Å². The lowest BCUT2D eigenvalue weighted by atomic mass is 9.83. The van der Waals surface area contributed by atoms with Gasteiger partial charge >= 0.3 is 18.2 Å². The van der Waals surface area contributed by atoms with Crippen LogP contribution >= 0.6 is 0 Å². The third kappa shape index (κ3) is 5.09. The number of hydrogen-bond acceptors (Lipinski definition) is 5. The molecule has 208 valence electrons. The molecule has 2 aromatic rings. The number of carboxylic acid groups (broad SMARTS) is 1. The molecule has 1 N–H and O–H groups in total. The molecule has 0 radical (unpaired) electrons. The van der Waals surface area contributed by atoms with E-state index in [1.165, 1.54) is 9.80 Å². The summed E-state index contributed by atoms with van der Waals surface area (Å²) in [4.78, 5) is 42.9. The predicted molar refractivity (Wildman–Crippen MR) is 147 cm³/mol. The van der Waals surface area contributed by atoms with Crippen molar-refractivity contribution in [2.24, 2.45) is 0 Å². The number of benzene rings is 2. The number of nitrogens with zero attached hydrogens (tertiary/aromatic N) is 2. The highest BCUT2D eigenvalue weighted by atomic mass is 16.6. The Balaban J connectivity index is 1.41. The quantitative estimate of drug-likeness (QED) is 0.486. The van der Waals surface area contributed by atoms with E-state index >= 15 is 0 Å². The van der Waals surface area contributed by atoms with Crippen LogP contribution in [0.4, 0.5) is 9.59 Å². The van der Waals surface area contributed by atoms with Crippen LogP contribution in [0, 0.1) is 0 Å². The number of carbonyl (C=O) groups is 3. The molecule has 8 nitrogen and oxygen atoms in total. The number of piperidine rings is 1. The fourth-order valence-electron chi connectivity index (χ4n) is 6.18. The number of hydrogen-bond donors (Lipinski definition) is 1. The van der Waals surface area contributed by atoms with E-state index in [9.17, 15) is 19.5 Å². The lowest BCUT2D eigenvalue weighted by Crippen LogP contribution is -2.68. The number of aliphatic carboxylic acids is 1. The van der Waals surface area contributed by atoms with Gasteiger partial charge in [-0.2, -0.15) is 0 Å². The summed E-state index contributed by atoms with van der Waals surface area (Å²) in [5, 5.41) is 10.6. The van der Waals surface area contributed by atoms with Crippen LogP contribution in [-0.4, -0.2) is 69.4 Å². The first-order chi connectivity index (χ1) is 18.5. The van der Waals surface area contributed by atoms with Gasteiger partial charge in [0.2, 0.25) is 0 Å². The van der Waals surface area contributed by atoms with E-state index in [0.717, 1.165) is 35.1 Å². The highest BCUT2D eigenvalue weighted by Crippen LogP contribution is 2.45. The molecule has 1 saturated carbocycles. The molecule has 2 fully saturated rings. The molecule has 0 bridgehead atoms. The van der Waals surface area contributed by atoms with Crippen molar-refractivity contribution < 1.29 is 29.0 Å². The zero-order chi connectivity index (χ0) is 27.9. The Morgan fingerprint density at radius 2 is 1.51 bits per heavy atom. The van der Waals surface area contributed by atoms with E-state index in [-0.39, 0.29) is 18.6 Å². The lowest BCUT2D eigenvalue weighted by Gasteiger charge is -2.48. The maximum atomic E-state index is 13.8. The first-order valence-corrected chi connectivity index (χ1v) is 13.9. The van der Waals surface area contributed by atoms with Crippen molar-refractivity contribution in [3.63, 3.8) is 0 Å². The molecule has 2 aliphatic carbocycles. The first-order valence-electron chi connectivity index (χ1n) is 13.9. The van der Waals surface area contributed by atoms with Crippen molar-refractivity contribution in [3.05, 3.63) is 59.7 Å². The molecule has 3 aliphatic rings. The van der Waals surface area contributed by atoms with Crippen molar-refractivity contribution in [1.82, 2.24) is 9.80 Å². The van der Waals surface area contributed by atoms with Crippen LogP contribution in [-0.2, 0) is 14.3 Å². The van der Waals surface area contributed by atoms with Gasteiger partial charge in [0.05, 0.1) is 6.04 Å². The van der Waals surface area contributed by atoms with E-state index in [1.807, 2.05) is 24.3 Å². The van der Waals surface area contributed by atoms with Gasteiger partial charge < -0.3 is 19.5 Å². The summed E-state index contributed by atoms with van der Waals surface area (Å²) < 4.78 is 11.6. The van der Waals surface area contributed by atoms with Crippen LogP contribution in [0.2, 0.25) is 0 Å². The highest BCUT2D eigenvalue weighted by molar-refractivity contribution is 5.87. The summed E-state index contributed by atoms with van der Waals surface area (Å²) in [6, 6.07) is 15.2. The van der Waals surface area contributed by atoms with Crippen LogP contribution < -0.4 is 0 Å². The minimum atomic E-state index is -1.67. The van der Waals surface area contributed by atoms with Gasteiger partial charge in [-0.15, -0.1) is 0 Å². The molecule has 0 spiro atoms. The van der Waals surface area contributed by atoms with Gasteiger partial charge in [0.15, 0.2) is 5.54 Å². The fraction of sp³-hybridized carbons (Fsp3) is 0.516. The van der Waals surface area contributed by atoms with Gasteiger partial charge in [0.1, 0.15) is 12.2 Å². The van der Waals surface area contributed by atoms with E-state index in [4.69, 9.17) is 9.47 Å². The molecule has 39 heavy (non-hydrogen) atoms. The van der Waals surface area contributed by atoms with Crippen molar-refractivity contribution in [2.45, 2.75) is 88.9 Å². The number of carbonyl (C=O) groups excluding carboxylic acids is 2. The Hall–Kier alpha value is -3.55. The summed E-state index contributed by atoms with van der Waals surface area (Å²) in [5.74, 6) is -1.28. The Morgan fingerprint density at radius 1 is 0.923 bits per heavy atom. The van der Waals surface area contributed by atoms with E-state index in [1.54, 1.807) is 27.7 Å². The summed E-state index contributed by atoms with van der Waals surface area (Å²) in [6.07, 6.45) is 2.16. The normalized spacial score (nSPS) is 20.4. The Kier molecular flexibility index (Phi) is 7.08.